The Kier molecular flexibility index (Phi) is 2.63. The molecule has 3 heterocycles. The van der Waals surface area contributed by atoms with Gasteiger partial charge in [0.05, 0.1) is 5.39 Å². The molecule has 5 heteroatoms. The topological polar surface area (TPSA) is 32.3 Å². The molecule has 4 nitrogen and oxygen atoms in total. The van der Waals surface area contributed by atoms with Crippen molar-refractivity contribution >= 4 is 33.3 Å². The summed E-state index contributed by atoms with van der Waals surface area (Å²) < 4.78 is 0. The molecule has 2 aromatic heterocycles. The maximum absolute atomic E-state index is 4.70. The zero-order valence-electron chi connectivity index (χ0n) is 10.2. The Morgan fingerprint density at radius 3 is 2.71 bits per heavy atom. The Morgan fingerprint density at radius 2 is 2.00 bits per heavy atom. The van der Waals surface area contributed by atoms with Crippen molar-refractivity contribution in [3.63, 3.8) is 0 Å². The molecule has 0 aromatic carbocycles. The van der Waals surface area contributed by atoms with E-state index in [0.717, 1.165) is 29.7 Å². The lowest BCUT2D eigenvalue weighted by Crippen LogP contribution is -2.21. The summed E-state index contributed by atoms with van der Waals surface area (Å²) in [6, 6.07) is 2.13. The number of hydrogen-bond acceptors (Lipinski definition) is 5. The van der Waals surface area contributed by atoms with Crippen LogP contribution in [0.25, 0.3) is 10.2 Å². The van der Waals surface area contributed by atoms with Gasteiger partial charge in [-0.1, -0.05) is 0 Å². The van der Waals surface area contributed by atoms with Crippen molar-refractivity contribution < 1.29 is 0 Å². The minimum atomic E-state index is 0.807. The molecule has 0 spiro atoms. The summed E-state index contributed by atoms with van der Waals surface area (Å²) in [6.07, 6.45) is 2.54. The molecule has 0 unspecified atom stereocenters. The molecule has 0 N–H and O–H groups in total. The summed E-state index contributed by atoms with van der Waals surface area (Å²) in [7, 11) is 3.98. The van der Waals surface area contributed by atoms with Crippen molar-refractivity contribution in [1.29, 1.82) is 0 Å². The minimum Gasteiger partial charge on any atom is -0.356 e. The molecule has 0 amide bonds. The molecular formula is C12H16N4S. The fraction of sp³-hybridized carbons (Fsp3) is 0.500. The molecule has 0 aliphatic carbocycles. The third kappa shape index (κ3) is 1.84. The molecule has 0 radical (unpaired) electrons. The van der Waals surface area contributed by atoms with E-state index in [2.05, 4.69) is 21.3 Å². The maximum atomic E-state index is 4.70. The van der Waals surface area contributed by atoms with Gasteiger partial charge in [-0.25, -0.2) is 4.98 Å². The standard InChI is InChI=1S/C12H16N4S/c1-15(2)12-13-10(16-6-3-4-7-16)9-5-8-17-11(9)14-12/h5,8H,3-4,6-7H2,1-2H3. The monoisotopic (exact) mass is 248 g/mol. The Balaban J connectivity index is 2.15. The van der Waals surface area contributed by atoms with Crippen LogP contribution in [0.2, 0.25) is 0 Å². The summed E-state index contributed by atoms with van der Waals surface area (Å²) in [5.41, 5.74) is 0. The lowest BCUT2D eigenvalue weighted by atomic mass is 10.3. The van der Waals surface area contributed by atoms with Crippen LogP contribution in [0, 0.1) is 0 Å². The van der Waals surface area contributed by atoms with Crippen LogP contribution in [0.1, 0.15) is 12.8 Å². The molecule has 90 valence electrons. The number of nitrogens with zero attached hydrogens (tertiary/aromatic N) is 4. The number of hydrogen-bond donors (Lipinski definition) is 0. The van der Waals surface area contributed by atoms with Crippen LogP contribution in [0.15, 0.2) is 11.4 Å². The lowest BCUT2D eigenvalue weighted by Gasteiger charge is -2.19. The average molecular weight is 248 g/mol. The first-order valence-electron chi connectivity index (χ1n) is 5.93. The van der Waals surface area contributed by atoms with Gasteiger partial charge in [-0.2, -0.15) is 4.98 Å². The van der Waals surface area contributed by atoms with Crippen molar-refractivity contribution in [3.05, 3.63) is 11.4 Å². The Labute approximate surface area is 105 Å². The van der Waals surface area contributed by atoms with Crippen molar-refractivity contribution in [1.82, 2.24) is 9.97 Å². The second-order valence-electron chi connectivity index (χ2n) is 4.58. The molecule has 0 saturated carbocycles. The van der Waals surface area contributed by atoms with Gasteiger partial charge in [-0.15, -0.1) is 11.3 Å². The SMILES string of the molecule is CN(C)c1nc(N2CCCC2)c2ccsc2n1. The van der Waals surface area contributed by atoms with Crippen molar-refractivity contribution in [2.24, 2.45) is 0 Å². The van der Waals surface area contributed by atoms with Gasteiger partial charge in [-0.3, -0.25) is 0 Å². The van der Waals surface area contributed by atoms with Gasteiger partial charge in [0.1, 0.15) is 10.6 Å². The van der Waals surface area contributed by atoms with Crippen LogP contribution in [-0.2, 0) is 0 Å². The maximum Gasteiger partial charge on any atom is 0.228 e. The fourth-order valence-corrected chi connectivity index (χ4v) is 2.95. The Hall–Kier alpha value is -1.36. The number of aromatic nitrogens is 2. The first kappa shape index (κ1) is 10.8. The van der Waals surface area contributed by atoms with E-state index in [1.165, 1.54) is 18.2 Å². The fourth-order valence-electron chi connectivity index (χ4n) is 2.20. The molecule has 17 heavy (non-hydrogen) atoms. The van der Waals surface area contributed by atoms with Crippen LogP contribution < -0.4 is 9.80 Å². The van der Waals surface area contributed by atoms with E-state index >= 15 is 0 Å². The third-order valence-corrected chi connectivity index (χ3v) is 3.91. The molecule has 1 fully saturated rings. The molecule has 1 aliphatic heterocycles. The molecule has 1 aliphatic rings. The third-order valence-electron chi connectivity index (χ3n) is 3.10. The number of thiophene rings is 1. The predicted molar refractivity (Wildman–Crippen MR) is 73.2 cm³/mol. The zero-order chi connectivity index (χ0) is 11.8. The Bertz CT molecular complexity index is 528. The van der Waals surface area contributed by atoms with Crippen LogP contribution in [-0.4, -0.2) is 37.2 Å². The van der Waals surface area contributed by atoms with Crippen molar-refractivity contribution in [2.45, 2.75) is 12.8 Å². The van der Waals surface area contributed by atoms with Crippen LogP contribution >= 0.6 is 11.3 Å². The molecule has 3 rings (SSSR count). The predicted octanol–water partition coefficient (Wildman–Crippen LogP) is 2.36. The van der Waals surface area contributed by atoms with Crippen molar-refractivity contribution in [3.8, 4) is 0 Å². The van der Waals surface area contributed by atoms with E-state index in [0.29, 0.717) is 0 Å². The summed E-state index contributed by atoms with van der Waals surface area (Å²) in [6.45, 7) is 2.24. The highest BCUT2D eigenvalue weighted by atomic mass is 32.1. The first-order chi connectivity index (χ1) is 8.25. The van der Waals surface area contributed by atoms with E-state index in [9.17, 15) is 0 Å². The van der Waals surface area contributed by atoms with E-state index in [1.54, 1.807) is 11.3 Å². The highest BCUT2D eigenvalue weighted by Crippen LogP contribution is 2.31. The van der Waals surface area contributed by atoms with Gasteiger partial charge in [-0.05, 0) is 24.3 Å². The normalized spacial score (nSPS) is 15.8. The van der Waals surface area contributed by atoms with Gasteiger partial charge in [0.2, 0.25) is 5.95 Å². The number of rotatable bonds is 2. The van der Waals surface area contributed by atoms with Gasteiger partial charge in [0, 0.05) is 27.2 Å². The molecule has 2 aromatic rings. The van der Waals surface area contributed by atoms with E-state index < -0.39 is 0 Å². The van der Waals surface area contributed by atoms with Gasteiger partial charge >= 0.3 is 0 Å². The highest BCUT2D eigenvalue weighted by molar-refractivity contribution is 7.16. The quantitative estimate of drug-likeness (QED) is 0.816. The van der Waals surface area contributed by atoms with Crippen LogP contribution in [0.3, 0.4) is 0 Å². The molecule has 1 saturated heterocycles. The van der Waals surface area contributed by atoms with E-state index in [-0.39, 0.29) is 0 Å². The van der Waals surface area contributed by atoms with E-state index in [1.807, 2.05) is 19.0 Å². The number of anilines is 2. The van der Waals surface area contributed by atoms with Gasteiger partial charge in [0.25, 0.3) is 0 Å². The second-order valence-corrected chi connectivity index (χ2v) is 5.47. The summed E-state index contributed by atoms with van der Waals surface area (Å²) in [5.74, 6) is 1.92. The van der Waals surface area contributed by atoms with Crippen LogP contribution in [0.4, 0.5) is 11.8 Å². The smallest absolute Gasteiger partial charge is 0.228 e. The van der Waals surface area contributed by atoms with Crippen molar-refractivity contribution in [2.75, 3.05) is 37.0 Å². The Morgan fingerprint density at radius 1 is 1.24 bits per heavy atom. The molecule has 0 bridgehead atoms. The summed E-state index contributed by atoms with van der Waals surface area (Å²) >= 11 is 1.69. The highest BCUT2D eigenvalue weighted by Gasteiger charge is 2.19. The van der Waals surface area contributed by atoms with Gasteiger partial charge < -0.3 is 9.80 Å². The van der Waals surface area contributed by atoms with Crippen LogP contribution in [0.5, 0.6) is 0 Å². The lowest BCUT2D eigenvalue weighted by molar-refractivity contribution is 0.924. The largest absolute Gasteiger partial charge is 0.356 e. The molecule has 0 atom stereocenters. The minimum absolute atomic E-state index is 0.807. The zero-order valence-corrected chi connectivity index (χ0v) is 11.0. The summed E-state index contributed by atoms with van der Waals surface area (Å²) in [4.78, 5) is 14.7. The number of fused-ring (bicyclic) bond motifs is 1. The van der Waals surface area contributed by atoms with E-state index in [4.69, 9.17) is 4.98 Å². The first-order valence-corrected chi connectivity index (χ1v) is 6.81. The average Bonchev–Trinajstić information content (AvgIpc) is 2.98. The summed E-state index contributed by atoms with van der Waals surface area (Å²) in [5, 5.41) is 3.29. The second kappa shape index (κ2) is 4.14. The molecular weight excluding hydrogens is 232 g/mol. The van der Waals surface area contributed by atoms with Gasteiger partial charge in [0.15, 0.2) is 0 Å².